The summed E-state index contributed by atoms with van der Waals surface area (Å²) in [6.45, 7) is 3.34. The molecule has 0 saturated carbocycles. The van der Waals surface area contributed by atoms with Crippen molar-refractivity contribution in [2.45, 2.75) is 18.7 Å². The highest BCUT2D eigenvalue weighted by Gasteiger charge is 2.16. The van der Waals surface area contributed by atoms with Crippen molar-refractivity contribution >= 4 is 43.2 Å². The van der Waals surface area contributed by atoms with E-state index in [1.807, 2.05) is 26.0 Å². The molecule has 0 unspecified atom stereocenters. The van der Waals surface area contributed by atoms with Crippen LogP contribution in [0.2, 0.25) is 0 Å². The molecular weight excluding hydrogens is 487 g/mol. The van der Waals surface area contributed by atoms with Crippen molar-refractivity contribution in [1.29, 1.82) is 0 Å². The number of aryl methyl sites for hydroxylation is 2. The number of nitrogens with one attached hydrogen (secondary N) is 2. The Morgan fingerprint density at radius 1 is 1.00 bits per heavy atom. The molecule has 3 rings (SSSR count). The van der Waals surface area contributed by atoms with Crippen LogP contribution < -0.4 is 14.8 Å². The minimum absolute atomic E-state index is 0.0377. The van der Waals surface area contributed by atoms with Crippen molar-refractivity contribution in [2.24, 2.45) is 0 Å². The Bertz CT molecular complexity index is 1210. The number of rotatable bonds is 7. The number of halogens is 2. The molecule has 0 atom stereocenters. The lowest BCUT2D eigenvalue weighted by Crippen LogP contribution is -2.20. The largest absolute Gasteiger partial charge is 0.484 e. The summed E-state index contributed by atoms with van der Waals surface area (Å²) in [5.74, 6) is -0.819. The number of carbonyl (C=O) groups excluding carboxylic acids is 1. The van der Waals surface area contributed by atoms with Gasteiger partial charge in [-0.15, -0.1) is 0 Å². The molecule has 0 fully saturated rings. The van der Waals surface area contributed by atoms with Crippen LogP contribution in [-0.2, 0) is 14.8 Å². The lowest BCUT2D eigenvalue weighted by molar-refractivity contribution is -0.118. The first kappa shape index (κ1) is 22.8. The maximum atomic E-state index is 13.8. The average Bonchev–Trinajstić information content (AvgIpc) is 2.71. The second-order valence-corrected chi connectivity index (χ2v) is 9.45. The number of ether oxygens (including phenoxy) is 1. The fraction of sp³-hybridized carbons (Fsp3) is 0.136. The number of hydrogen-bond acceptors (Lipinski definition) is 4. The lowest BCUT2D eigenvalue weighted by Gasteiger charge is -2.12. The summed E-state index contributed by atoms with van der Waals surface area (Å²) < 4.78 is 47.6. The third-order valence-electron chi connectivity index (χ3n) is 4.35. The molecule has 9 heteroatoms. The molecule has 1 amide bonds. The van der Waals surface area contributed by atoms with Crippen molar-refractivity contribution in [2.75, 3.05) is 16.6 Å². The molecule has 31 heavy (non-hydrogen) atoms. The van der Waals surface area contributed by atoms with Gasteiger partial charge >= 0.3 is 0 Å². The predicted octanol–water partition coefficient (Wildman–Crippen LogP) is 5.02. The molecule has 2 N–H and O–H groups in total. The van der Waals surface area contributed by atoms with Crippen molar-refractivity contribution < 1.29 is 22.3 Å². The summed E-state index contributed by atoms with van der Waals surface area (Å²) in [7, 11) is -3.78. The van der Waals surface area contributed by atoms with Gasteiger partial charge < -0.3 is 10.1 Å². The molecule has 0 aliphatic carbocycles. The zero-order chi connectivity index (χ0) is 22.6. The molecule has 0 aliphatic heterocycles. The zero-order valence-corrected chi connectivity index (χ0v) is 19.2. The van der Waals surface area contributed by atoms with E-state index in [0.29, 0.717) is 15.9 Å². The summed E-state index contributed by atoms with van der Waals surface area (Å²) in [6, 6.07) is 15.4. The monoisotopic (exact) mass is 506 g/mol. The van der Waals surface area contributed by atoms with E-state index in [-0.39, 0.29) is 17.2 Å². The van der Waals surface area contributed by atoms with Crippen LogP contribution >= 0.6 is 15.9 Å². The fourth-order valence-corrected chi connectivity index (χ4v) is 4.15. The van der Waals surface area contributed by atoms with Crippen LogP contribution in [0.5, 0.6) is 5.75 Å². The van der Waals surface area contributed by atoms with Crippen LogP contribution in [0.1, 0.15) is 11.1 Å². The number of amides is 1. The third-order valence-corrected chi connectivity index (χ3v) is 6.22. The van der Waals surface area contributed by atoms with E-state index in [2.05, 4.69) is 26.0 Å². The van der Waals surface area contributed by atoms with E-state index >= 15 is 0 Å². The standard InChI is InChI=1S/C22H20BrFN2O4S/c1-14-3-4-15(2)21(11-14)26-31(28,29)18-8-6-17(7-9-18)30-13-22(27)25-20-10-5-16(23)12-19(20)24/h3-12,26H,13H2,1-2H3,(H,25,27). The molecule has 0 saturated heterocycles. The molecule has 0 radical (unpaired) electrons. The quantitative estimate of drug-likeness (QED) is 0.470. The van der Waals surface area contributed by atoms with Crippen LogP contribution in [0.3, 0.4) is 0 Å². The topological polar surface area (TPSA) is 84.5 Å². The summed E-state index contributed by atoms with van der Waals surface area (Å²) in [6.07, 6.45) is 0. The Morgan fingerprint density at radius 2 is 1.71 bits per heavy atom. The number of hydrogen-bond donors (Lipinski definition) is 2. The van der Waals surface area contributed by atoms with E-state index in [4.69, 9.17) is 4.74 Å². The maximum absolute atomic E-state index is 13.8. The third kappa shape index (κ3) is 6.05. The van der Waals surface area contributed by atoms with E-state index in [1.54, 1.807) is 12.1 Å². The molecule has 3 aromatic carbocycles. The first-order chi connectivity index (χ1) is 14.6. The second-order valence-electron chi connectivity index (χ2n) is 6.86. The molecule has 6 nitrogen and oxygen atoms in total. The van der Waals surface area contributed by atoms with E-state index in [9.17, 15) is 17.6 Å². The van der Waals surface area contributed by atoms with E-state index < -0.39 is 21.7 Å². The van der Waals surface area contributed by atoms with Gasteiger partial charge in [0.05, 0.1) is 16.3 Å². The van der Waals surface area contributed by atoms with Gasteiger partial charge in [0, 0.05) is 4.47 Å². The average molecular weight is 507 g/mol. The minimum atomic E-state index is -3.78. The lowest BCUT2D eigenvalue weighted by atomic mass is 10.1. The highest BCUT2D eigenvalue weighted by molar-refractivity contribution is 9.10. The Morgan fingerprint density at radius 3 is 2.39 bits per heavy atom. The Hall–Kier alpha value is -2.91. The molecule has 0 bridgehead atoms. The van der Waals surface area contributed by atoms with E-state index in [0.717, 1.165) is 11.1 Å². The summed E-state index contributed by atoms with van der Waals surface area (Å²) in [4.78, 5) is 12.0. The van der Waals surface area contributed by atoms with Crippen LogP contribution in [0.25, 0.3) is 0 Å². The predicted molar refractivity (Wildman–Crippen MR) is 121 cm³/mol. The van der Waals surface area contributed by atoms with Crippen LogP contribution in [0.15, 0.2) is 70.0 Å². The molecule has 3 aromatic rings. The highest BCUT2D eigenvalue weighted by atomic mass is 79.9. The van der Waals surface area contributed by atoms with Gasteiger partial charge in [0.2, 0.25) is 0 Å². The minimum Gasteiger partial charge on any atom is -0.484 e. The molecule has 0 aromatic heterocycles. The molecule has 162 valence electrons. The highest BCUT2D eigenvalue weighted by Crippen LogP contribution is 2.23. The second kappa shape index (κ2) is 9.49. The Labute approximate surface area is 188 Å². The van der Waals surface area contributed by atoms with Gasteiger partial charge in [0.1, 0.15) is 11.6 Å². The van der Waals surface area contributed by atoms with Crippen LogP contribution in [-0.4, -0.2) is 20.9 Å². The van der Waals surface area contributed by atoms with Crippen LogP contribution in [0, 0.1) is 19.7 Å². The SMILES string of the molecule is Cc1ccc(C)c(NS(=O)(=O)c2ccc(OCC(=O)Nc3ccc(Br)cc3F)cc2)c1. The summed E-state index contributed by atoms with van der Waals surface area (Å²) in [5.41, 5.74) is 2.30. The summed E-state index contributed by atoms with van der Waals surface area (Å²) in [5, 5.41) is 2.41. The molecule has 0 heterocycles. The van der Waals surface area contributed by atoms with Crippen molar-refractivity contribution in [1.82, 2.24) is 0 Å². The molecular formula is C22H20BrFN2O4S. The van der Waals surface area contributed by atoms with Crippen molar-refractivity contribution in [3.8, 4) is 5.75 Å². The first-order valence-electron chi connectivity index (χ1n) is 9.22. The van der Waals surface area contributed by atoms with Gasteiger partial charge in [0.15, 0.2) is 6.61 Å². The number of sulfonamides is 1. The van der Waals surface area contributed by atoms with Gasteiger partial charge in [-0.2, -0.15) is 0 Å². The van der Waals surface area contributed by atoms with Crippen molar-refractivity contribution in [3.63, 3.8) is 0 Å². The van der Waals surface area contributed by atoms with Gasteiger partial charge in [0.25, 0.3) is 15.9 Å². The zero-order valence-electron chi connectivity index (χ0n) is 16.8. The smallest absolute Gasteiger partial charge is 0.262 e. The summed E-state index contributed by atoms with van der Waals surface area (Å²) >= 11 is 3.14. The first-order valence-corrected chi connectivity index (χ1v) is 11.5. The van der Waals surface area contributed by atoms with Gasteiger partial charge in [-0.3, -0.25) is 9.52 Å². The van der Waals surface area contributed by atoms with E-state index in [1.165, 1.54) is 36.4 Å². The number of anilines is 2. The maximum Gasteiger partial charge on any atom is 0.262 e. The number of carbonyl (C=O) groups is 1. The van der Waals surface area contributed by atoms with Crippen LogP contribution in [0.4, 0.5) is 15.8 Å². The van der Waals surface area contributed by atoms with Gasteiger partial charge in [-0.25, -0.2) is 12.8 Å². The molecule has 0 aliphatic rings. The van der Waals surface area contributed by atoms with Crippen molar-refractivity contribution in [3.05, 3.63) is 82.1 Å². The van der Waals surface area contributed by atoms with Gasteiger partial charge in [-0.05, 0) is 73.5 Å². The Balaban J connectivity index is 1.61. The fourth-order valence-electron chi connectivity index (χ4n) is 2.69. The Kier molecular flexibility index (Phi) is 6.97. The normalized spacial score (nSPS) is 11.1. The van der Waals surface area contributed by atoms with Gasteiger partial charge in [-0.1, -0.05) is 28.1 Å². The molecule has 0 spiro atoms. The number of benzene rings is 3.